The normalized spacial score (nSPS) is 10.9. The molecule has 0 N–H and O–H groups in total. The number of ether oxygens (including phenoxy) is 1. The maximum Gasteiger partial charge on any atom is 0.311 e. The molecule has 0 bridgehead atoms. The van der Waals surface area contributed by atoms with Gasteiger partial charge in [-0.25, -0.2) is 4.39 Å². The third-order valence-electron chi connectivity index (χ3n) is 5.71. The molecule has 0 spiro atoms. The van der Waals surface area contributed by atoms with Crippen molar-refractivity contribution < 1.29 is 18.7 Å². The van der Waals surface area contributed by atoms with Crippen molar-refractivity contribution in [1.29, 1.82) is 0 Å². The number of halogens is 1. The average Bonchev–Trinajstić information content (AvgIpc) is 2.86. The molecule has 0 saturated carbocycles. The summed E-state index contributed by atoms with van der Waals surface area (Å²) in [5, 5.41) is 0. The van der Waals surface area contributed by atoms with Crippen molar-refractivity contribution >= 4 is 23.4 Å². The lowest BCUT2D eigenvalue weighted by atomic mass is 10.0. The van der Waals surface area contributed by atoms with Crippen molar-refractivity contribution in [1.82, 2.24) is 0 Å². The van der Waals surface area contributed by atoms with E-state index in [4.69, 9.17) is 4.74 Å². The van der Waals surface area contributed by atoms with Gasteiger partial charge >= 0.3 is 5.97 Å². The summed E-state index contributed by atoms with van der Waals surface area (Å²) in [6, 6.07) is 20.9. The zero-order valence-electron chi connectivity index (χ0n) is 20.1. The highest BCUT2D eigenvalue weighted by Crippen LogP contribution is 2.17. The Balaban J connectivity index is 1.33. The summed E-state index contributed by atoms with van der Waals surface area (Å²) in [4.78, 5) is 24.3. The van der Waals surface area contributed by atoms with Crippen molar-refractivity contribution in [3.05, 3.63) is 114 Å². The quantitative estimate of drug-likeness (QED) is 0.0890. The topological polar surface area (TPSA) is 43.4 Å². The molecule has 0 saturated heterocycles. The Morgan fingerprint density at radius 2 is 1.46 bits per heavy atom. The number of hydrogen-bond donors (Lipinski definition) is 0. The Kier molecular flexibility index (Phi) is 9.73. The Morgan fingerprint density at radius 1 is 0.829 bits per heavy atom. The second kappa shape index (κ2) is 13.2. The van der Waals surface area contributed by atoms with Crippen molar-refractivity contribution in [2.75, 3.05) is 0 Å². The zero-order valence-corrected chi connectivity index (χ0v) is 20.1. The minimum absolute atomic E-state index is 0.207. The fourth-order valence-corrected chi connectivity index (χ4v) is 3.62. The second-order valence-electron chi connectivity index (χ2n) is 8.64. The Hall–Kier alpha value is -3.79. The molecular weight excluding hydrogens is 439 g/mol. The average molecular weight is 471 g/mol. The summed E-state index contributed by atoms with van der Waals surface area (Å²) in [7, 11) is 0. The highest BCUT2D eigenvalue weighted by Gasteiger charge is 2.06. The lowest BCUT2D eigenvalue weighted by Crippen LogP contribution is -2.07. The molecule has 0 unspecified atom stereocenters. The molecule has 3 rings (SSSR count). The third kappa shape index (κ3) is 8.82. The summed E-state index contributed by atoms with van der Waals surface area (Å²) in [6.45, 7) is 5.97. The lowest BCUT2D eigenvalue weighted by molar-refractivity contribution is -0.134. The number of aryl methyl sites for hydroxylation is 1. The molecule has 0 aliphatic rings. The molecule has 3 aromatic rings. The molecule has 0 atom stereocenters. The van der Waals surface area contributed by atoms with Gasteiger partial charge in [0.2, 0.25) is 0 Å². The van der Waals surface area contributed by atoms with Crippen LogP contribution < -0.4 is 4.74 Å². The lowest BCUT2D eigenvalue weighted by Gasteiger charge is -2.06. The standard InChI is InChI=1S/C31H31FO3/c1-23(2)26-14-9-24(10-15-26)7-5-3-4-6-8-31(34)35-29-20-11-25(12-21-29)13-22-30(33)27-16-18-28(32)19-17-27/h9-22H,1,3-8H2,2H3. The number of rotatable bonds is 12. The number of benzene rings is 3. The van der Waals surface area contributed by atoms with Crippen LogP contribution in [0.4, 0.5) is 4.39 Å². The maximum atomic E-state index is 13.0. The van der Waals surface area contributed by atoms with E-state index in [0.717, 1.165) is 43.2 Å². The van der Waals surface area contributed by atoms with E-state index in [1.165, 1.54) is 41.5 Å². The van der Waals surface area contributed by atoms with Crippen LogP contribution in [0.25, 0.3) is 11.6 Å². The van der Waals surface area contributed by atoms with Crippen LogP contribution in [0.2, 0.25) is 0 Å². The summed E-state index contributed by atoms with van der Waals surface area (Å²) in [5.74, 6) is -0.344. The molecule has 0 aliphatic carbocycles. The molecule has 4 heteroatoms. The van der Waals surface area contributed by atoms with E-state index in [1.807, 2.05) is 6.92 Å². The number of allylic oxidation sites excluding steroid dienone is 2. The molecule has 0 radical (unpaired) electrons. The first-order valence-electron chi connectivity index (χ1n) is 11.9. The third-order valence-corrected chi connectivity index (χ3v) is 5.71. The van der Waals surface area contributed by atoms with Crippen molar-refractivity contribution in [3.8, 4) is 5.75 Å². The molecule has 0 aliphatic heterocycles. The van der Waals surface area contributed by atoms with Gasteiger partial charge in [0.25, 0.3) is 0 Å². The van der Waals surface area contributed by atoms with Gasteiger partial charge in [-0.2, -0.15) is 0 Å². The van der Waals surface area contributed by atoms with Crippen LogP contribution in [0.15, 0.2) is 85.5 Å². The molecule has 0 aromatic heterocycles. The molecular formula is C31H31FO3. The smallest absolute Gasteiger partial charge is 0.311 e. The zero-order chi connectivity index (χ0) is 25.0. The minimum Gasteiger partial charge on any atom is -0.427 e. The van der Waals surface area contributed by atoms with E-state index in [1.54, 1.807) is 30.3 Å². The molecule has 180 valence electrons. The highest BCUT2D eigenvalue weighted by atomic mass is 19.1. The fraction of sp³-hybridized carbons (Fsp3) is 0.226. The van der Waals surface area contributed by atoms with Gasteiger partial charge in [0.1, 0.15) is 11.6 Å². The molecule has 3 nitrogen and oxygen atoms in total. The van der Waals surface area contributed by atoms with Crippen LogP contribution in [0.5, 0.6) is 5.75 Å². The summed E-state index contributed by atoms with van der Waals surface area (Å²) in [6.07, 6.45) is 8.51. The Bertz CT molecular complexity index is 1160. The molecule has 35 heavy (non-hydrogen) atoms. The van der Waals surface area contributed by atoms with E-state index in [0.29, 0.717) is 17.7 Å². The van der Waals surface area contributed by atoms with E-state index >= 15 is 0 Å². The molecule has 0 fully saturated rings. The van der Waals surface area contributed by atoms with Crippen LogP contribution in [0, 0.1) is 5.82 Å². The summed E-state index contributed by atoms with van der Waals surface area (Å²) >= 11 is 0. The van der Waals surface area contributed by atoms with Gasteiger partial charge in [-0.05, 0) is 85.4 Å². The molecule has 3 aromatic carbocycles. The summed E-state index contributed by atoms with van der Waals surface area (Å²) < 4.78 is 18.4. The first kappa shape index (κ1) is 25.8. The van der Waals surface area contributed by atoms with Crippen molar-refractivity contribution in [2.24, 2.45) is 0 Å². The largest absolute Gasteiger partial charge is 0.427 e. The number of unbranched alkanes of at least 4 members (excludes halogenated alkanes) is 3. The van der Waals surface area contributed by atoms with Crippen LogP contribution >= 0.6 is 0 Å². The van der Waals surface area contributed by atoms with E-state index in [9.17, 15) is 14.0 Å². The number of carbonyl (C=O) groups is 2. The van der Waals surface area contributed by atoms with Gasteiger partial charge in [-0.3, -0.25) is 9.59 Å². The predicted molar refractivity (Wildman–Crippen MR) is 140 cm³/mol. The Morgan fingerprint density at radius 3 is 2.11 bits per heavy atom. The van der Waals surface area contributed by atoms with Crippen LogP contribution in [0.1, 0.15) is 66.1 Å². The van der Waals surface area contributed by atoms with Crippen molar-refractivity contribution in [3.63, 3.8) is 0 Å². The predicted octanol–water partition coefficient (Wildman–Crippen LogP) is 7.85. The first-order valence-corrected chi connectivity index (χ1v) is 11.9. The highest BCUT2D eigenvalue weighted by molar-refractivity contribution is 6.06. The summed E-state index contributed by atoms with van der Waals surface area (Å²) in [5.41, 5.74) is 4.80. The van der Waals surface area contributed by atoms with Gasteiger partial charge in [0.15, 0.2) is 5.78 Å². The molecule has 0 amide bonds. The number of hydrogen-bond acceptors (Lipinski definition) is 3. The van der Waals surface area contributed by atoms with E-state index in [2.05, 4.69) is 30.8 Å². The SMILES string of the molecule is C=C(C)c1ccc(CCCCCCC(=O)Oc2ccc(C=CC(=O)c3ccc(F)cc3)cc2)cc1. The van der Waals surface area contributed by atoms with Gasteiger partial charge in [0, 0.05) is 12.0 Å². The monoisotopic (exact) mass is 470 g/mol. The van der Waals surface area contributed by atoms with Crippen LogP contribution in [0.3, 0.4) is 0 Å². The minimum atomic E-state index is -0.378. The van der Waals surface area contributed by atoms with Crippen LogP contribution in [-0.4, -0.2) is 11.8 Å². The number of esters is 1. The molecule has 0 heterocycles. The van der Waals surface area contributed by atoms with Crippen molar-refractivity contribution in [2.45, 2.75) is 45.4 Å². The van der Waals surface area contributed by atoms with E-state index < -0.39 is 0 Å². The first-order chi connectivity index (χ1) is 16.9. The van der Waals surface area contributed by atoms with Crippen LogP contribution in [-0.2, 0) is 11.2 Å². The van der Waals surface area contributed by atoms with E-state index in [-0.39, 0.29) is 17.6 Å². The van der Waals surface area contributed by atoms with Gasteiger partial charge < -0.3 is 4.74 Å². The fourth-order valence-electron chi connectivity index (χ4n) is 3.62. The second-order valence-corrected chi connectivity index (χ2v) is 8.64. The maximum absolute atomic E-state index is 13.0. The van der Waals surface area contributed by atoms with Gasteiger partial charge in [-0.1, -0.05) is 67.5 Å². The Labute approximate surface area is 207 Å². The van der Waals surface area contributed by atoms with Gasteiger partial charge in [-0.15, -0.1) is 0 Å². The number of ketones is 1. The number of carbonyl (C=O) groups excluding carboxylic acids is 2. The van der Waals surface area contributed by atoms with Gasteiger partial charge in [0.05, 0.1) is 0 Å².